The predicted molar refractivity (Wildman–Crippen MR) is 106 cm³/mol. The van der Waals surface area contributed by atoms with Crippen molar-refractivity contribution in [2.75, 3.05) is 18.4 Å². The van der Waals surface area contributed by atoms with Crippen LogP contribution in [0.25, 0.3) is 0 Å². The molecular weight excluding hydrogens is 342 g/mol. The maximum atomic E-state index is 12.1. The van der Waals surface area contributed by atoms with Crippen molar-refractivity contribution < 1.29 is 9.32 Å². The molecule has 2 aromatic rings. The summed E-state index contributed by atoms with van der Waals surface area (Å²) in [4.78, 5) is 16.4. The van der Waals surface area contributed by atoms with E-state index in [9.17, 15) is 4.79 Å². The average Bonchev–Trinajstić information content (AvgIpc) is 3.13. The van der Waals surface area contributed by atoms with E-state index in [-0.39, 0.29) is 12.5 Å². The Hall–Kier alpha value is -3.27. The van der Waals surface area contributed by atoms with Gasteiger partial charge in [0.15, 0.2) is 11.7 Å². The molecule has 3 N–H and O–H groups in total. The quantitative estimate of drug-likeness (QED) is 0.397. The number of hydrogen-bond donors (Lipinski definition) is 3. The van der Waals surface area contributed by atoms with Gasteiger partial charge in [-0.25, -0.2) is 4.99 Å². The van der Waals surface area contributed by atoms with E-state index in [0.717, 1.165) is 5.69 Å². The maximum Gasteiger partial charge on any atom is 0.246 e. The van der Waals surface area contributed by atoms with Gasteiger partial charge in [-0.2, -0.15) is 0 Å². The van der Waals surface area contributed by atoms with Gasteiger partial charge in [-0.15, -0.1) is 6.42 Å². The normalized spacial score (nSPS) is 11.1. The van der Waals surface area contributed by atoms with E-state index in [1.165, 1.54) is 0 Å². The molecule has 0 fully saturated rings. The molecule has 1 heterocycles. The standard InChI is InChI=1S/C20H25N5O2/c1-5-15-8-7-9-16(10-15)24-19(26)13-23-20(21-6-2)22-12-17-11-18(14(3)4)25-27-17/h1,7-11,14H,6,12-13H2,2-4H3,(H,24,26)(H2,21,22,23). The lowest BCUT2D eigenvalue weighted by Gasteiger charge is -2.10. The van der Waals surface area contributed by atoms with Crippen LogP contribution in [0.15, 0.2) is 39.8 Å². The van der Waals surface area contributed by atoms with Crippen LogP contribution in [0.5, 0.6) is 0 Å². The Bertz CT molecular complexity index is 833. The number of hydrogen-bond acceptors (Lipinski definition) is 4. The average molecular weight is 367 g/mol. The zero-order valence-electron chi connectivity index (χ0n) is 15.9. The number of guanidine groups is 1. The van der Waals surface area contributed by atoms with E-state index >= 15 is 0 Å². The summed E-state index contributed by atoms with van der Waals surface area (Å²) in [6.07, 6.45) is 5.37. The van der Waals surface area contributed by atoms with Crippen LogP contribution in [0, 0.1) is 12.3 Å². The lowest BCUT2D eigenvalue weighted by molar-refractivity contribution is -0.114. The van der Waals surface area contributed by atoms with E-state index in [2.05, 4.69) is 45.9 Å². The fourth-order valence-corrected chi connectivity index (χ4v) is 2.24. The van der Waals surface area contributed by atoms with Crippen molar-refractivity contribution in [2.24, 2.45) is 4.99 Å². The Morgan fingerprint density at radius 1 is 1.33 bits per heavy atom. The highest BCUT2D eigenvalue weighted by Gasteiger charge is 2.09. The number of carbonyl (C=O) groups is 1. The van der Waals surface area contributed by atoms with Crippen LogP contribution >= 0.6 is 0 Å². The van der Waals surface area contributed by atoms with Gasteiger partial charge in [-0.3, -0.25) is 4.79 Å². The third-order valence-corrected chi connectivity index (χ3v) is 3.64. The van der Waals surface area contributed by atoms with Crippen molar-refractivity contribution in [3.05, 3.63) is 47.3 Å². The van der Waals surface area contributed by atoms with Crippen molar-refractivity contribution in [1.82, 2.24) is 15.8 Å². The van der Waals surface area contributed by atoms with Crippen LogP contribution in [-0.2, 0) is 11.3 Å². The molecule has 0 atom stereocenters. The second kappa shape index (κ2) is 10.0. The van der Waals surface area contributed by atoms with Crippen LogP contribution < -0.4 is 16.0 Å². The lowest BCUT2D eigenvalue weighted by Crippen LogP contribution is -2.37. The molecular formula is C20H25N5O2. The number of carbonyl (C=O) groups excluding carboxylic acids is 1. The number of aromatic nitrogens is 1. The van der Waals surface area contributed by atoms with Crippen LogP contribution in [0.3, 0.4) is 0 Å². The zero-order valence-corrected chi connectivity index (χ0v) is 15.9. The summed E-state index contributed by atoms with van der Waals surface area (Å²) >= 11 is 0. The van der Waals surface area contributed by atoms with Gasteiger partial charge in [0.2, 0.25) is 5.91 Å². The number of nitrogens with one attached hydrogen (secondary N) is 3. The first-order valence-corrected chi connectivity index (χ1v) is 8.86. The number of anilines is 1. The molecule has 0 saturated heterocycles. The Labute approximate surface area is 159 Å². The third-order valence-electron chi connectivity index (χ3n) is 3.64. The van der Waals surface area contributed by atoms with E-state index in [1.807, 2.05) is 13.0 Å². The number of terminal acetylenes is 1. The highest BCUT2D eigenvalue weighted by atomic mass is 16.5. The molecule has 0 aliphatic carbocycles. The molecule has 0 unspecified atom stereocenters. The van der Waals surface area contributed by atoms with Crippen molar-refractivity contribution in [2.45, 2.75) is 33.2 Å². The van der Waals surface area contributed by atoms with E-state index < -0.39 is 0 Å². The van der Waals surface area contributed by atoms with Crippen LogP contribution in [0.1, 0.15) is 43.7 Å². The highest BCUT2D eigenvalue weighted by molar-refractivity contribution is 5.94. The summed E-state index contributed by atoms with van der Waals surface area (Å²) in [5.74, 6) is 3.84. The molecule has 0 aliphatic rings. The second-order valence-electron chi connectivity index (χ2n) is 6.19. The van der Waals surface area contributed by atoms with Crippen molar-refractivity contribution >= 4 is 17.6 Å². The van der Waals surface area contributed by atoms with Crippen LogP contribution in [0.2, 0.25) is 0 Å². The van der Waals surface area contributed by atoms with Gasteiger partial charge < -0.3 is 20.5 Å². The lowest BCUT2D eigenvalue weighted by atomic mass is 10.1. The fraction of sp³-hybridized carbons (Fsp3) is 0.350. The van der Waals surface area contributed by atoms with E-state index in [4.69, 9.17) is 10.9 Å². The van der Waals surface area contributed by atoms with Gasteiger partial charge in [-0.05, 0) is 31.0 Å². The molecule has 0 saturated carbocycles. The monoisotopic (exact) mass is 367 g/mol. The van der Waals surface area contributed by atoms with Crippen molar-refractivity contribution in [3.8, 4) is 12.3 Å². The molecule has 27 heavy (non-hydrogen) atoms. The fourth-order valence-electron chi connectivity index (χ4n) is 2.24. The van der Waals surface area contributed by atoms with Crippen LogP contribution in [0.4, 0.5) is 5.69 Å². The summed E-state index contributed by atoms with van der Waals surface area (Å²) in [6.45, 7) is 7.14. The van der Waals surface area contributed by atoms with Crippen molar-refractivity contribution in [3.63, 3.8) is 0 Å². The molecule has 1 aromatic carbocycles. The molecule has 1 amide bonds. The van der Waals surface area contributed by atoms with Gasteiger partial charge in [0.25, 0.3) is 0 Å². The zero-order chi connectivity index (χ0) is 19.6. The molecule has 0 spiro atoms. The first kappa shape index (κ1) is 20.0. The number of amides is 1. The largest absolute Gasteiger partial charge is 0.359 e. The Kier molecular flexibility index (Phi) is 7.44. The summed E-state index contributed by atoms with van der Waals surface area (Å²) in [7, 11) is 0. The SMILES string of the molecule is C#Cc1cccc(NC(=O)CN=C(NCC)NCc2cc(C(C)C)no2)c1. The number of benzene rings is 1. The van der Waals surface area contributed by atoms with Gasteiger partial charge in [-0.1, -0.05) is 31.0 Å². The topological polar surface area (TPSA) is 91.5 Å². The first-order valence-electron chi connectivity index (χ1n) is 8.86. The predicted octanol–water partition coefficient (Wildman–Crippen LogP) is 2.47. The Morgan fingerprint density at radius 3 is 2.81 bits per heavy atom. The minimum Gasteiger partial charge on any atom is -0.359 e. The molecule has 1 aromatic heterocycles. The third kappa shape index (κ3) is 6.51. The van der Waals surface area contributed by atoms with Gasteiger partial charge in [0, 0.05) is 23.9 Å². The molecule has 7 nitrogen and oxygen atoms in total. The van der Waals surface area contributed by atoms with Crippen molar-refractivity contribution in [1.29, 1.82) is 0 Å². The van der Waals surface area contributed by atoms with Crippen LogP contribution in [-0.4, -0.2) is 30.1 Å². The summed E-state index contributed by atoms with van der Waals surface area (Å²) in [6, 6.07) is 9.02. The molecule has 0 bridgehead atoms. The van der Waals surface area contributed by atoms with E-state index in [0.29, 0.717) is 42.0 Å². The molecule has 0 aliphatic heterocycles. The van der Waals surface area contributed by atoms with Gasteiger partial charge >= 0.3 is 0 Å². The highest BCUT2D eigenvalue weighted by Crippen LogP contribution is 2.13. The summed E-state index contributed by atoms with van der Waals surface area (Å²) in [5.41, 5.74) is 2.26. The minimum atomic E-state index is -0.233. The summed E-state index contributed by atoms with van der Waals surface area (Å²) in [5, 5.41) is 13.0. The Balaban J connectivity index is 1.91. The number of rotatable bonds is 7. The second-order valence-corrected chi connectivity index (χ2v) is 6.19. The maximum absolute atomic E-state index is 12.1. The molecule has 7 heteroatoms. The summed E-state index contributed by atoms with van der Waals surface area (Å²) < 4.78 is 5.29. The molecule has 2 rings (SSSR count). The minimum absolute atomic E-state index is 0.0245. The molecule has 142 valence electrons. The number of aliphatic imine (C=N–C) groups is 1. The molecule has 0 radical (unpaired) electrons. The van der Waals surface area contributed by atoms with E-state index in [1.54, 1.807) is 24.3 Å². The van der Waals surface area contributed by atoms with Gasteiger partial charge in [0.1, 0.15) is 6.54 Å². The first-order chi connectivity index (χ1) is 13.0. The Morgan fingerprint density at radius 2 is 2.15 bits per heavy atom. The number of nitrogens with zero attached hydrogens (tertiary/aromatic N) is 2. The smallest absolute Gasteiger partial charge is 0.246 e. The van der Waals surface area contributed by atoms with Gasteiger partial charge in [0.05, 0.1) is 12.2 Å².